The molecule has 6 heteroatoms. The first kappa shape index (κ1) is 16.2. The number of aromatic hydroxyl groups is 1. The smallest absolute Gasteiger partial charge is 0.254 e. The minimum atomic E-state index is -0.483. The number of amides is 1. The predicted molar refractivity (Wildman–Crippen MR) is 79.1 cm³/mol. The maximum absolute atomic E-state index is 11.1. The number of phenols is 1. The van der Waals surface area contributed by atoms with Gasteiger partial charge in [-0.1, -0.05) is 6.08 Å². The van der Waals surface area contributed by atoms with Gasteiger partial charge in [0.05, 0.1) is 18.9 Å². The Bertz CT molecular complexity index is 589. The fourth-order valence-electron chi connectivity index (χ4n) is 1.63. The summed E-state index contributed by atoms with van der Waals surface area (Å²) >= 11 is 0. The fourth-order valence-corrected chi connectivity index (χ4v) is 1.63. The Kier molecular flexibility index (Phi) is 6.48. The molecule has 0 spiro atoms. The lowest BCUT2D eigenvalue weighted by Gasteiger charge is -2.10. The quantitative estimate of drug-likeness (QED) is 0.455. The fraction of sp³-hybridized carbons (Fsp3) is 0.267. The van der Waals surface area contributed by atoms with Gasteiger partial charge < -0.3 is 9.84 Å². The van der Waals surface area contributed by atoms with Crippen LogP contribution in [0.5, 0.6) is 11.5 Å². The number of allylic oxidation sites excluding steroid dienone is 1. The van der Waals surface area contributed by atoms with Crippen molar-refractivity contribution in [2.45, 2.75) is 19.8 Å². The molecule has 0 bridgehead atoms. The summed E-state index contributed by atoms with van der Waals surface area (Å²) in [6.07, 6.45) is 3.32. The van der Waals surface area contributed by atoms with Gasteiger partial charge in [-0.3, -0.25) is 4.79 Å². The number of nitrogens with one attached hydrogen (secondary N) is 1. The summed E-state index contributed by atoms with van der Waals surface area (Å²) in [7, 11) is 0. The van der Waals surface area contributed by atoms with Gasteiger partial charge in [-0.15, -0.1) is 6.58 Å². The maximum Gasteiger partial charge on any atom is 0.254 e. The van der Waals surface area contributed by atoms with Gasteiger partial charge in [0.1, 0.15) is 6.42 Å². The standard InChI is InChI=1S/C15H17N3O3/c1-3-5-12-8-11(9-13(15(12)20)21-4-2)10-17-18-14(19)6-7-16/h3,8-10,20H,1,4-6H2,2H3,(H,18,19). The Morgan fingerprint density at radius 2 is 2.38 bits per heavy atom. The lowest BCUT2D eigenvalue weighted by Crippen LogP contribution is -2.16. The van der Waals surface area contributed by atoms with Crippen molar-refractivity contribution in [1.29, 1.82) is 5.26 Å². The van der Waals surface area contributed by atoms with Crippen LogP contribution in [0, 0.1) is 11.3 Å². The number of phenolic OH excluding ortho intramolecular Hbond substituents is 1. The molecule has 1 rings (SSSR count). The monoisotopic (exact) mass is 287 g/mol. The number of benzene rings is 1. The SMILES string of the molecule is C=CCc1cc(C=NNC(=O)CC#N)cc(OCC)c1O. The van der Waals surface area contributed by atoms with Crippen LogP contribution in [0.25, 0.3) is 0 Å². The van der Waals surface area contributed by atoms with Crippen LogP contribution in [-0.4, -0.2) is 23.8 Å². The molecule has 21 heavy (non-hydrogen) atoms. The summed E-state index contributed by atoms with van der Waals surface area (Å²) in [5.74, 6) is -0.0621. The highest BCUT2D eigenvalue weighted by Gasteiger charge is 2.09. The number of rotatable bonds is 7. The van der Waals surface area contributed by atoms with E-state index in [0.29, 0.717) is 29.9 Å². The average molecular weight is 287 g/mol. The Morgan fingerprint density at radius 1 is 1.62 bits per heavy atom. The Balaban J connectivity index is 2.96. The number of hydrogen-bond acceptors (Lipinski definition) is 5. The van der Waals surface area contributed by atoms with E-state index in [-0.39, 0.29) is 12.2 Å². The maximum atomic E-state index is 11.1. The van der Waals surface area contributed by atoms with Gasteiger partial charge in [-0.05, 0) is 31.0 Å². The molecule has 6 nitrogen and oxygen atoms in total. The van der Waals surface area contributed by atoms with Gasteiger partial charge in [0, 0.05) is 5.56 Å². The molecule has 1 aromatic carbocycles. The van der Waals surface area contributed by atoms with Crippen LogP contribution in [0.2, 0.25) is 0 Å². The largest absolute Gasteiger partial charge is 0.504 e. The highest BCUT2D eigenvalue weighted by Crippen LogP contribution is 2.31. The molecule has 0 radical (unpaired) electrons. The molecular weight excluding hydrogens is 270 g/mol. The van der Waals surface area contributed by atoms with E-state index >= 15 is 0 Å². The highest BCUT2D eigenvalue weighted by molar-refractivity contribution is 5.84. The zero-order valence-electron chi connectivity index (χ0n) is 11.8. The molecule has 110 valence electrons. The zero-order valence-corrected chi connectivity index (χ0v) is 11.8. The number of carbonyl (C=O) groups excluding carboxylic acids is 1. The number of hydrogen-bond donors (Lipinski definition) is 2. The molecule has 0 aliphatic rings. The molecule has 0 aromatic heterocycles. The van der Waals surface area contributed by atoms with E-state index < -0.39 is 5.91 Å². The average Bonchev–Trinajstić information content (AvgIpc) is 2.44. The van der Waals surface area contributed by atoms with E-state index in [9.17, 15) is 9.90 Å². The van der Waals surface area contributed by atoms with Crippen LogP contribution < -0.4 is 10.2 Å². The first-order chi connectivity index (χ1) is 10.1. The molecule has 0 unspecified atom stereocenters. The van der Waals surface area contributed by atoms with Crippen LogP contribution in [0.15, 0.2) is 29.9 Å². The number of nitrogens with zero attached hydrogens (tertiary/aromatic N) is 2. The van der Waals surface area contributed by atoms with E-state index in [4.69, 9.17) is 10.00 Å². The van der Waals surface area contributed by atoms with Crippen LogP contribution in [0.4, 0.5) is 0 Å². The molecule has 0 aliphatic carbocycles. The minimum absolute atomic E-state index is 0.0717. The molecule has 1 amide bonds. The second-order valence-corrected chi connectivity index (χ2v) is 4.08. The summed E-state index contributed by atoms with van der Waals surface area (Å²) in [4.78, 5) is 11.1. The third-order valence-electron chi connectivity index (χ3n) is 2.48. The normalized spacial score (nSPS) is 10.1. The Hall–Kier alpha value is -2.81. The first-order valence-electron chi connectivity index (χ1n) is 6.40. The molecular formula is C15H17N3O3. The topological polar surface area (TPSA) is 94.7 Å². The van der Waals surface area contributed by atoms with Crippen molar-refractivity contribution < 1.29 is 14.6 Å². The van der Waals surface area contributed by atoms with Gasteiger partial charge in [0.15, 0.2) is 11.5 Å². The van der Waals surface area contributed by atoms with E-state index in [1.807, 2.05) is 6.92 Å². The number of ether oxygens (including phenoxy) is 1. The summed E-state index contributed by atoms with van der Waals surface area (Å²) < 4.78 is 5.35. The summed E-state index contributed by atoms with van der Waals surface area (Å²) in [6.45, 7) is 5.87. The lowest BCUT2D eigenvalue weighted by molar-refractivity contribution is -0.120. The van der Waals surface area contributed by atoms with Crippen molar-refractivity contribution >= 4 is 12.1 Å². The van der Waals surface area contributed by atoms with Crippen LogP contribution in [0.1, 0.15) is 24.5 Å². The van der Waals surface area contributed by atoms with Gasteiger partial charge in [0.2, 0.25) is 0 Å². The van der Waals surface area contributed by atoms with Crippen molar-refractivity contribution in [2.75, 3.05) is 6.61 Å². The van der Waals surface area contributed by atoms with Gasteiger partial charge in [-0.2, -0.15) is 10.4 Å². The van der Waals surface area contributed by atoms with Crippen LogP contribution in [-0.2, 0) is 11.2 Å². The van der Waals surface area contributed by atoms with E-state index in [1.54, 1.807) is 24.3 Å². The molecule has 0 saturated carbocycles. The Morgan fingerprint density at radius 3 is 3.00 bits per heavy atom. The third kappa shape index (κ3) is 4.99. The summed E-state index contributed by atoms with van der Waals surface area (Å²) in [5.41, 5.74) is 3.55. The molecule has 0 heterocycles. The van der Waals surface area contributed by atoms with E-state index in [2.05, 4.69) is 17.1 Å². The molecule has 0 fully saturated rings. The lowest BCUT2D eigenvalue weighted by atomic mass is 10.1. The van der Waals surface area contributed by atoms with Crippen molar-refractivity contribution in [1.82, 2.24) is 5.43 Å². The van der Waals surface area contributed by atoms with Gasteiger partial charge in [0.25, 0.3) is 5.91 Å². The molecule has 0 aliphatic heterocycles. The number of carbonyl (C=O) groups is 1. The summed E-state index contributed by atoms with van der Waals surface area (Å²) in [5, 5.41) is 22.1. The van der Waals surface area contributed by atoms with Gasteiger partial charge in [-0.25, -0.2) is 5.43 Å². The zero-order chi connectivity index (χ0) is 15.7. The van der Waals surface area contributed by atoms with Crippen LogP contribution in [0.3, 0.4) is 0 Å². The molecule has 0 saturated heterocycles. The second-order valence-electron chi connectivity index (χ2n) is 4.08. The first-order valence-corrected chi connectivity index (χ1v) is 6.40. The van der Waals surface area contributed by atoms with E-state index in [0.717, 1.165) is 0 Å². The van der Waals surface area contributed by atoms with Crippen molar-refractivity contribution in [2.24, 2.45) is 5.10 Å². The third-order valence-corrected chi connectivity index (χ3v) is 2.48. The van der Waals surface area contributed by atoms with Crippen LogP contribution >= 0.6 is 0 Å². The predicted octanol–water partition coefficient (Wildman–Crippen LogP) is 1.88. The van der Waals surface area contributed by atoms with Crippen molar-refractivity contribution in [3.8, 4) is 17.6 Å². The minimum Gasteiger partial charge on any atom is -0.504 e. The highest BCUT2D eigenvalue weighted by atomic mass is 16.5. The van der Waals surface area contributed by atoms with Gasteiger partial charge >= 0.3 is 0 Å². The Labute approximate surface area is 123 Å². The van der Waals surface area contributed by atoms with Crippen molar-refractivity contribution in [3.63, 3.8) is 0 Å². The number of nitriles is 1. The summed E-state index contributed by atoms with van der Waals surface area (Å²) in [6, 6.07) is 5.06. The second kappa shape index (κ2) is 8.38. The molecule has 1 aromatic rings. The number of hydrazone groups is 1. The molecule has 2 N–H and O–H groups in total. The molecule has 0 atom stereocenters. The van der Waals surface area contributed by atoms with E-state index in [1.165, 1.54) is 6.21 Å². The van der Waals surface area contributed by atoms with Crippen molar-refractivity contribution in [3.05, 3.63) is 35.9 Å².